The maximum atomic E-state index is 5.99. The predicted molar refractivity (Wildman–Crippen MR) is 81.5 cm³/mol. The van der Waals surface area contributed by atoms with Crippen molar-refractivity contribution in [2.45, 2.75) is 30.8 Å². The van der Waals surface area contributed by atoms with E-state index in [1.54, 1.807) is 0 Å². The summed E-state index contributed by atoms with van der Waals surface area (Å²) in [6, 6.07) is 0. The Labute approximate surface area is 131 Å². The lowest BCUT2D eigenvalue weighted by Gasteiger charge is -2.25. The summed E-state index contributed by atoms with van der Waals surface area (Å²) in [5.41, 5.74) is 0.819. The van der Waals surface area contributed by atoms with E-state index in [1.807, 2.05) is 0 Å². The van der Waals surface area contributed by atoms with Gasteiger partial charge in [0.25, 0.3) is 0 Å². The molecule has 0 saturated carbocycles. The minimum Gasteiger partial charge on any atom is -0.371 e. The van der Waals surface area contributed by atoms with Crippen LogP contribution in [0.1, 0.15) is 6.92 Å². The number of rotatable bonds is 8. The van der Waals surface area contributed by atoms with Crippen molar-refractivity contribution in [3.8, 4) is 0 Å². The molecule has 0 radical (unpaired) electrons. The van der Waals surface area contributed by atoms with E-state index < -0.39 is 0 Å². The van der Waals surface area contributed by atoms with Gasteiger partial charge < -0.3 is 23.8 Å². The van der Waals surface area contributed by atoms with Crippen molar-refractivity contribution in [2.75, 3.05) is 39.5 Å². The summed E-state index contributed by atoms with van der Waals surface area (Å²) in [5.74, 6) is 0. The second-order valence-corrected chi connectivity index (χ2v) is 6.55. The van der Waals surface area contributed by atoms with Crippen LogP contribution in [0, 0.1) is 0 Å². The summed E-state index contributed by atoms with van der Waals surface area (Å²) in [7, 11) is 0. The lowest BCUT2D eigenvalue weighted by Crippen LogP contribution is -2.30. The lowest BCUT2D eigenvalue weighted by molar-refractivity contribution is 0.0312. The second-order valence-electron chi connectivity index (χ2n) is 6.55. The maximum Gasteiger partial charge on any atom is 0.104 e. The highest BCUT2D eigenvalue weighted by atomic mass is 16.6. The van der Waals surface area contributed by atoms with Gasteiger partial charge in [0.1, 0.15) is 11.7 Å². The Morgan fingerprint density at radius 2 is 1.73 bits per heavy atom. The molecule has 3 saturated heterocycles. The van der Waals surface area contributed by atoms with Crippen LogP contribution in [0.25, 0.3) is 0 Å². The number of nitrogens with zero attached hydrogens (tertiary/aromatic N) is 1. The largest absolute Gasteiger partial charge is 0.371 e. The van der Waals surface area contributed by atoms with Crippen LogP contribution in [0.15, 0.2) is 36.1 Å². The highest BCUT2D eigenvalue weighted by Gasteiger charge is 2.32. The molecule has 0 N–H and O–H groups in total. The van der Waals surface area contributed by atoms with Crippen LogP contribution < -0.4 is 0 Å². The molecule has 1 aliphatic carbocycles. The zero-order valence-electron chi connectivity index (χ0n) is 12.9. The first-order valence-corrected chi connectivity index (χ1v) is 8.03. The van der Waals surface area contributed by atoms with Crippen LogP contribution in [-0.4, -0.2) is 68.3 Å². The van der Waals surface area contributed by atoms with Crippen molar-refractivity contribution < 1.29 is 18.9 Å². The van der Waals surface area contributed by atoms with Crippen LogP contribution in [0.2, 0.25) is 0 Å². The number of allylic oxidation sites excluding steroid dienone is 3. The van der Waals surface area contributed by atoms with Crippen molar-refractivity contribution in [1.29, 1.82) is 0 Å². The average molecular weight is 305 g/mol. The smallest absolute Gasteiger partial charge is 0.104 e. The third kappa shape index (κ3) is 3.98. The molecule has 4 unspecified atom stereocenters. The molecule has 0 spiro atoms. The summed E-state index contributed by atoms with van der Waals surface area (Å²) in [6.07, 6.45) is 11.6. The molecule has 22 heavy (non-hydrogen) atoms. The minimum absolute atomic E-state index is 0.282. The van der Waals surface area contributed by atoms with Crippen LogP contribution in [-0.2, 0) is 18.9 Å². The Balaban J connectivity index is 1.41. The molecule has 0 bridgehead atoms. The van der Waals surface area contributed by atoms with E-state index in [4.69, 9.17) is 18.9 Å². The van der Waals surface area contributed by atoms with Gasteiger partial charge in [0.05, 0.1) is 38.6 Å². The van der Waals surface area contributed by atoms with Gasteiger partial charge in [-0.25, -0.2) is 0 Å². The van der Waals surface area contributed by atoms with Crippen molar-refractivity contribution in [2.24, 2.45) is 0 Å². The molecule has 5 nitrogen and oxygen atoms in total. The monoisotopic (exact) mass is 305 g/mol. The van der Waals surface area contributed by atoms with Gasteiger partial charge in [0.2, 0.25) is 0 Å². The van der Waals surface area contributed by atoms with E-state index in [1.165, 1.54) is 5.70 Å². The molecule has 4 aliphatic rings. The molecular formula is C17H23NO4. The van der Waals surface area contributed by atoms with E-state index in [0.29, 0.717) is 18.8 Å². The first kappa shape index (κ1) is 14.5. The highest BCUT2D eigenvalue weighted by molar-refractivity contribution is 5.32. The zero-order valence-corrected chi connectivity index (χ0v) is 12.9. The third-order valence-electron chi connectivity index (χ3n) is 4.28. The van der Waals surface area contributed by atoms with E-state index in [2.05, 4.69) is 42.2 Å². The SMILES string of the molecule is CC1(OCC2CO2)C=CC=C(N(CC2CO2)CC2CO2)C=C1. The van der Waals surface area contributed by atoms with E-state index in [9.17, 15) is 0 Å². The topological polar surface area (TPSA) is 50.1 Å². The summed E-state index contributed by atoms with van der Waals surface area (Å²) < 4.78 is 22.0. The van der Waals surface area contributed by atoms with Crippen LogP contribution in [0.3, 0.4) is 0 Å². The number of ether oxygens (including phenoxy) is 4. The van der Waals surface area contributed by atoms with Gasteiger partial charge in [-0.05, 0) is 31.2 Å². The van der Waals surface area contributed by atoms with Gasteiger partial charge in [0.15, 0.2) is 0 Å². The molecule has 5 heteroatoms. The third-order valence-corrected chi connectivity index (χ3v) is 4.28. The molecule has 120 valence electrons. The molecule has 4 rings (SSSR count). The summed E-state index contributed by atoms with van der Waals surface area (Å²) in [5, 5.41) is 0. The van der Waals surface area contributed by atoms with E-state index >= 15 is 0 Å². The van der Waals surface area contributed by atoms with Gasteiger partial charge in [-0.15, -0.1) is 0 Å². The lowest BCUT2D eigenvalue weighted by atomic mass is 10.1. The maximum absolute atomic E-state index is 5.99. The molecule has 4 atom stereocenters. The average Bonchev–Trinajstić information content (AvgIpc) is 3.36. The Kier molecular flexibility index (Phi) is 3.82. The van der Waals surface area contributed by atoms with Gasteiger partial charge >= 0.3 is 0 Å². The molecule has 0 aromatic rings. The van der Waals surface area contributed by atoms with Crippen LogP contribution >= 0.6 is 0 Å². The normalized spacial score (nSPS) is 38.4. The molecule has 3 fully saturated rings. The fraction of sp³-hybridized carbons (Fsp3) is 0.647. The van der Waals surface area contributed by atoms with E-state index in [0.717, 1.165) is 32.9 Å². The predicted octanol–water partition coefficient (Wildman–Crippen LogP) is 1.27. The summed E-state index contributed by atoms with van der Waals surface area (Å²) in [4.78, 5) is 2.35. The Morgan fingerprint density at radius 1 is 1.09 bits per heavy atom. The summed E-state index contributed by atoms with van der Waals surface area (Å²) >= 11 is 0. The zero-order chi connectivity index (χ0) is 15.0. The number of hydrogen-bond acceptors (Lipinski definition) is 5. The van der Waals surface area contributed by atoms with Gasteiger partial charge in [0, 0.05) is 18.8 Å². The van der Waals surface area contributed by atoms with Crippen molar-refractivity contribution >= 4 is 0 Å². The van der Waals surface area contributed by atoms with Gasteiger partial charge in [-0.1, -0.05) is 6.08 Å². The molecule has 3 heterocycles. The second kappa shape index (κ2) is 5.81. The molecule has 0 aromatic carbocycles. The first-order chi connectivity index (χ1) is 10.7. The Hall–Kier alpha value is -1.14. The Bertz CT molecular complexity index is 489. The fourth-order valence-electron chi connectivity index (χ4n) is 2.57. The van der Waals surface area contributed by atoms with Crippen molar-refractivity contribution in [1.82, 2.24) is 4.90 Å². The van der Waals surface area contributed by atoms with Crippen LogP contribution in [0.5, 0.6) is 0 Å². The number of hydrogen-bond donors (Lipinski definition) is 0. The summed E-state index contributed by atoms with van der Waals surface area (Å²) in [6.45, 7) is 7.15. The van der Waals surface area contributed by atoms with Gasteiger partial charge in [-0.3, -0.25) is 0 Å². The quantitative estimate of drug-likeness (QED) is 0.632. The standard InChI is InChI=1S/C17H23NO4/c1-17(22-12-16-11-21-16)5-2-3-13(4-6-17)18(7-14-9-19-14)8-15-10-20-15/h2-6,14-16H,7-12H2,1H3. The molecular weight excluding hydrogens is 282 g/mol. The molecule has 0 aromatic heterocycles. The minimum atomic E-state index is -0.373. The van der Waals surface area contributed by atoms with Crippen LogP contribution in [0.4, 0.5) is 0 Å². The molecule has 0 amide bonds. The van der Waals surface area contributed by atoms with Gasteiger partial charge in [-0.2, -0.15) is 0 Å². The van der Waals surface area contributed by atoms with E-state index in [-0.39, 0.29) is 11.7 Å². The highest BCUT2D eigenvalue weighted by Crippen LogP contribution is 2.25. The van der Waals surface area contributed by atoms with Crippen molar-refractivity contribution in [3.63, 3.8) is 0 Å². The fourth-order valence-corrected chi connectivity index (χ4v) is 2.57. The Morgan fingerprint density at radius 3 is 2.32 bits per heavy atom. The first-order valence-electron chi connectivity index (χ1n) is 8.03. The number of epoxide rings is 3. The molecule has 3 aliphatic heterocycles. The van der Waals surface area contributed by atoms with Crippen molar-refractivity contribution in [3.05, 3.63) is 36.1 Å².